The Hall–Kier alpha value is -4.33. The van der Waals surface area contributed by atoms with Crippen molar-refractivity contribution in [2.24, 2.45) is 5.73 Å². The van der Waals surface area contributed by atoms with Gasteiger partial charge in [-0.3, -0.25) is 9.59 Å². The van der Waals surface area contributed by atoms with Crippen LogP contribution in [-0.2, 0) is 24.2 Å². The van der Waals surface area contributed by atoms with Crippen molar-refractivity contribution in [1.29, 1.82) is 0 Å². The predicted octanol–water partition coefficient (Wildman–Crippen LogP) is 3.84. The van der Waals surface area contributed by atoms with Gasteiger partial charge < -0.3 is 26.6 Å². The number of hydrogen-bond donors (Lipinski definition) is 4. The Bertz CT molecular complexity index is 1290. The average molecular weight is 486 g/mol. The standard InChI is InChI=1S/C28H31N5O3/c1-3-19-15-21-11-10-20(19)12-13-33(2)28(36)32-23-8-4-6-18(14-23)17-30-27(35)25(21)31-24-9-5-7-22(16-24)26(29)34/h4-11,14-16,25,31H,3,12-13,17H2,1-2H3,(H2,29,34)(H,30,35)(H,32,36). The monoisotopic (exact) mass is 485 g/mol. The number of amides is 4. The Morgan fingerprint density at radius 2 is 1.89 bits per heavy atom. The number of urea groups is 1. The smallest absolute Gasteiger partial charge is 0.321 e. The second-order valence-corrected chi connectivity index (χ2v) is 8.92. The molecule has 0 saturated carbocycles. The van der Waals surface area contributed by atoms with Gasteiger partial charge in [-0.15, -0.1) is 0 Å². The van der Waals surface area contributed by atoms with Crippen molar-refractivity contribution in [3.05, 3.63) is 94.5 Å². The van der Waals surface area contributed by atoms with E-state index in [1.54, 1.807) is 36.2 Å². The third kappa shape index (κ3) is 5.83. The van der Waals surface area contributed by atoms with E-state index in [0.29, 0.717) is 29.9 Å². The maximum Gasteiger partial charge on any atom is 0.321 e. The van der Waals surface area contributed by atoms with Crippen molar-refractivity contribution in [3.8, 4) is 0 Å². The molecule has 0 radical (unpaired) electrons. The molecule has 0 aromatic heterocycles. The van der Waals surface area contributed by atoms with Crippen LogP contribution in [0.2, 0.25) is 0 Å². The van der Waals surface area contributed by atoms with Gasteiger partial charge in [-0.1, -0.05) is 43.3 Å². The first-order valence-corrected chi connectivity index (χ1v) is 12.0. The summed E-state index contributed by atoms with van der Waals surface area (Å²) in [6, 6.07) is 19.4. The third-order valence-corrected chi connectivity index (χ3v) is 6.37. The normalized spacial score (nSPS) is 16.3. The summed E-state index contributed by atoms with van der Waals surface area (Å²) in [5.74, 6) is -0.744. The summed E-state index contributed by atoms with van der Waals surface area (Å²) >= 11 is 0. The number of primary amides is 1. The molecular weight excluding hydrogens is 454 g/mol. The van der Waals surface area contributed by atoms with E-state index in [2.05, 4.69) is 22.9 Å². The maximum absolute atomic E-state index is 13.5. The summed E-state index contributed by atoms with van der Waals surface area (Å²) in [5.41, 5.74) is 11.0. The molecule has 0 saturated heterocycles. The highest BCUT2D eigenvalue weighted by atomic mass is 16.2. The SMILES string of the molecule is CCc1cc2ccc1CCN(C)C(=O)Nc1cccc(c1)CNC(=O)C2Nc1cccc(C(N)=O)c1. The van der Waals surface area contributed by atoms with Crippen molar-refractivity contribution in [3.63, 3.8) is 0 Å². The highest BCUT2D eigenvalue weighted by Crippen LogP contribution is 2.25. The minimum atomic E-state index is -0.689. The molecule has 5 rings (SSSR count). The molecule has 36 heavy (non-hydrogen) atoms. The van der Waals surface area contributed by atoms with Crippen molar-refractivity contribution in [1.82, 2.24) is 10.2 Å². The van der Waals surface area contributed by atoms with E-state index in [4.69, 9.17) is 5.73 Å². The molecule has 186 valence electrons. The molecule has 3 aromatic rings. The molecule has 1 unspecified atom stereocenters. The molecule has 0 fully saturated rings. The number of nitrogens with zero attached hydrogens (tertiary/aromatic N) is 1. The summed E-state index contributed by atoms with van der Waals surface area (Å²) in [7, 11) is 1.78. The van der Waals surface area contributed by atoms with E-state index in [-0.39, 0.29) is 18.5 Å². The fourth-order valence-corrected chi connectivity index (χ4v) is 4.29. The van der Waals surface area contributed by atoms with Crippen LogP contribution in [0.1, 0.15) is 45.6 Å². The Balaban J connectivity index is 1.72. The Morgan fingerprint density at radius 3 is 2.67 bits per heavy atom. The van der Waals surface area contributed by atoms with Crippen LogP contribution in [0.25, 0.3) is 0 Å². The molecule has 2 aliphatic heterocycles. The fourth-order valence-electron chi connectivity index (χ4n) is 4.29. The van der Waals surface area contributed by atoms with Gasteiger partial charge in [-0.2, -0.15) is 0 Å². The number of aryl methyl sites for hydroxylation is 1. The lowest BCUT2D eigenvalue weighted by atomic mass is 9.95. The first-order valence-electron chi connectivity index (χ1n) is 12.0. The zero-order valence-corrected chi connectivity index (χ0v) is 20.5. The lowest BCUT2D eigenvalue weighted by molar-refractivity contribution is -0.122. The number of likely N-dealkylation sites (N-methyl/N-ethyl adjacent to an activating group) is 1. The second kappa shape index (κ2) is 10.9. The first kappa shape index (κ1) is 24.8. The zero-order chi connectivity index (χ0) is 25.7. The molecule has 3 aromatic carbocycles. The zero-order valence-electron chi connectivity index (χ0n) is 20.5. The number of rotatable bonds is 4. The fraction of sp³-hybridized carbons (Fsp3) is 0.250. The van der Waals surface area contributed by atoms with Crippen molar-refractivity contribution < 1.29 is 14.4 Å². The third-order valence-electron chi connectivity index (χ3n) is 6.37. The summed E-state index contributed by atoms with van der Waals surface area (Å²) in [6.07, 6.45) is 1.48. The van der Waals surface area contributed by atoms with Gasteiger partial charge in [0.25, 0.3) is 0 Å². The van der Waals surface area contributed by atoms with Crippen LogP contribution >= 0.6 is 0 Å². The van der Waals surface area contributed by atoms with E-state index in [1.807, 2.05) is 42.5 Å². The summed E-state index contributed by atoms with van der Waals surface area (Å²) in [5, 5.41) is 9.23. The number of fused-ring (bicyclic) bond motifs is 9. The molecule has 4 amide bonds. The number of nitrogens with two attached hydrogens (primary N) is 1. The van der Waals surface area contributed by atoms with Crippen LogP contribution in [0, 0.1) is 0 Å². The van der Waals surface area contributed by atoms with Crippen molar-refractivity contribution in [2.75, 3.05) is 24.2 Å². The number of anilines is 2. The van der Waals surface area contributed by atoms with Crippen LogP contribution in [-0.4, -0.2) is 36.3 Å². The topological polar surface area (TPSA) is 117 Å². The molecule has 2 heterocycles. The number of carbonyl (C=O) groups is 3. The molecular formula is C28H31N5O3. The summed E-state index contributed by atoms with van der Waals surface area (Å²) < 4.78 is 0. The van der Waals surface area contributed by atoms with Gasteiger partial charge in [0.15, 0.2) is 0 Å². The second-order valence-electron chi connectivity index (χ2n) is 8.92. The molecule has 2 aliphatic rings. The van der Waals surface area contributed by atoms with E-state index in [9.17, 15) is 14.4 Å². The number of benzene rings is 3. The van der Waals surface area contributed by atoms with Gasteiger partial charge in [0.2, 0.25) is 11.8 Å². The van der Waals surface area contributed by atoms with Gasteiger partial charge in [0.05, 0.1) is 0 Å². The molecule has 8 nitrogen and oxygen atoms in total. The van der Waals surface area contributed by atoms with Gasteiger partial charge in [0.1, 0.15) is 6.04 Å². The lowest BCUT2D eigenvalue weighted by Crippen LogP contribution is -2.34. The first-order chi connectivity index (χ1) is 17.3. The molecule has 5 N–H and O–H groups in total. The largest absolute Gasteiger partial charge is 0.370 e. The molecule has 1 atom stereocenters. The Morgan fingerprint density at radius 1 is 1.08 bits per heavy atom. The number of hydrogen-bond acceptors (Lipinski definition) is 4. The summed E-state index contributed by atoms with van der Waals surface area (Å²) in [4.78, 5) is 39.5. The van der Waals surface area contributed by atoms with Gasteiger partial charge in [0, 0.05) is 37.1 Å². The molecule has 8 heteroatoms. The van der Waals surface area contributed by atoms with Crippen LogP contribution in [0.15, 0.2) is 66.7 Å². The van der Waals surface area contributed by atoms with Crippen LogP contribution in [0.4, 0.5) is 16.2 Å². The Labute approximate surface area is 210 Å². The quantitative estimate of drug-likeness (QED) is 0.449. The highest BCUT2D eigenvalue weighted by molar-refractivity contribution is 5.94. The van der Waals surface area contributed by atoms with Crippen LogP contribution in [0.5, 0.6) is 0 Å². The minimum Gasteiger partial charge on any atom is -0.370 e. The van der Waals surface area contributed by atoms with Crippen molar-refractivity contribution >= 4 is 29.2 Å². The van der Waals surface area contributed by atoms with Gasteiger partial charge >= 0.3 is 6.03 Å². The Kier molecular flexibility index (Phi) is 7.53. The van der Waals surface area contributed by atoms with Gasteiger partial charge in [-0.25, -0.2) is 4.79 Å². The lowest BCUT2D eigenvalue weighted by Gasteiger charge is -2.23. The molecule has 0 aliphatic carbocycles. The average Bonchev–Trinajstić information content (AvgIpc) is 2.88. The molecule has 0 spiro atoms. The van der Waals surface area contributed by atoms with Crippen LogP contribution in [0.3, 0.4) is 0 Å². The summed E-state index contributed by atoms with van der Waals surface area (Å²) in [6.45, 7) is 2.92. The number of nitrogens with one attached hydrogen (secondary N) is 3. The minimum absolute atomic E-state index is 0.180. The van der Waals surface area contributed by atoms with E-state index >= 15 is 0 Å². The molecule has 4 bridgehead atoms. The maximum atomic E-state index is 13.5. The highest BCUT2D eigenvalue weighted by Gasteiger charge is 2.22. The van der Waals surface area contributed by atoms with E-state index in [0.717, 1.165) is 28.7 Å². The number of carbonyl (C=O) groups excluding carboxylic acids is 3. The van der Waals surface area contributed by atoms with Gasteiger partial charge in [-0.05, 0) is 65.4 Å². The van der Waals surface area contributed by atoms with Crippen molar-refractivity contribution in [2.45, 2.75) is 32.4 Å². The van der Waals surface area contributed by atoms with E-state index < -0.39 is 11.9 Å². The van der Waals surface area contributed by atoms with E-state index in [1.165, 1.54) is 0 Å². The van der Waals surface area contributed by atoms with Crippen LogP contribution < -0.4 is 21.7 Å². The predicted molar refractivity (Wildman–Crippen MR) is 141 cm³/mol.